The average Bonchev–Trinajstić information content (AvgIpc) is 2.91. The van der Waals surface area contributed by atoms with Gasteiger partial charge in [-0.2, -0.15) is 0 Å². The molecule has 0 atom stereocenters. The summed E-state index contributed by atoms with van der Waals surface area (Å²) in [5.41, 5.74) is 2.57. The fraction of sp³-hybridized carbons (Fsp3) is 0.100. The minimum absolute atomic E-state index is 0.133. The molecule has 1 aromatic carbocycles. The van der Waals surface area contributed by atoms with Crippen LogP contribution in [-0.4, -0.2) is 32.9 Å². The van der Waals surface area contributed by atoms with Crippen molar-refractivity contribution in [1.29, 1.82) is 0 Å². The van der Waals surface area contributed by atoms with E-state index in [0.717, 1.165) is 0 Å². The third kappa shape index (κ3) is 2.98. The maximum Gasteiger partial charge on any atom is 0.338 e. The fourth-order valence-corrected chi connectivity index (χ4v) is 1.42. The molecule has 2 aromatic rings. The number of rotatable bonds is 4. The molecule has 104 valence electrons. The van der Waals surface area contributed by atoms with E-state index < -0.39 is 11.0 Å². The number of hydrogen-bond donors (Lipinski definition) is 2. The van der Waals surface area contributed by atoms with Gasteiger partial charge in [-0.25, -0.2) is 14.9 Å². The zero-order valence-corrected chi connectivity index (χ0v) is 10.3. The van der Waals surface area contributed by atoms with Crippen molar-refractivity contribution >= 4 is 17.4 Å². The van der Waals surface area contributed by atoms with Gasteiger partial charge in [-0.1, -0.05) is 0 Å². The Morgan fingerprint density at radius 1 is 1.40 bits per heavy atom. The highest BCUT2D eigenvalue weighted by atomic mass is 16.6. The van der Waals surface area contributed by atoms with Crippen LogP contribution in [-0.2, 0) is 0 Å². The van der Waals surface area contributed by atoms with Crippen LogP contribution < -0.4 is 15.5 Å². The van der Waals surface area contributed by atoms with Crippen LogP contribution in [0.3, 0.4) is 0 Å². The van der Waals surface area contributed by atoms with E-state index in [1.807, 2.05) is 0 Å². The van der Waals surface area contributed by atoms with E-state index in [-0.39, 0.29) is 11.4 Å². The van der Waals surface area contributed by atoms with Crippen LogP contribution in [0.25, 0.3) is 0 Å². The highest BCUT2D eigenvalue weighted by Gasteiger charge is 2.13. The summed E-state index contributed by atoms with van der Waals surface area (Å²) in [6.07, 6.45) is 2.60. The number of methoxy groups -OCH3 is 1. The predicted octanol–water partition coefficient (Wildman–Crippen LogP) is 0.970. The van der Waals surface area contributed by atoms with Crippen molar-refractivity contribution in [3.63, 3.8) is 0 Å². The molecule has 0 radical (unpaired) electrons. The second-order valence-electron chi connectivity index (χ2n) is 3.58. The van der Waals surface area contributed by atoms with Gasteiger partial charge in [0.1, 0.15) is 18.4 Å². The molecular weight excluding hydrogens is 268 g/mol. The van der Waals surface area contributed by atoms with Gasteiger partial charge in [0.25, 0.3) is 5.69 Å². The number of nitro benzene ring substituents is 1. The van der Waals surface area contributed by atoms with Crippen LogP contribution in [0, 0.1) is 10.1 Å². The quantitative estimate of drug-likeness (QED) is 0.634. The lowest BCUT2D eigenvalue weighted by atomic mass is 10.2. The van der Waals surface area contributed by atoms with E-state index >= 15 is 0 Å². The van der Waals surface area contributed by atoms with Gasteiger partial charge in [-0.15, -0.1) is 10.2 Å². The molecule has 0 unspecified atom stereocenters. The van der Waals surface area contributed by atoms with Gasteiger partial charge in [-0.05, 0) is 6.07 Å². The lowest BCUT2D eigenvalue weighted by Gasteiger charge is -2.10. The van der Waals surface area contributed by atoms with E-state index in [1.54, 1.807) is 0 Å². The highest BCUT2D eigenvalue weighted by Crippen LogP contribution is 2.28. The molecule has 0 aliphatic carbocycles. The zero-order valence-electron chi connectivity index (χ0n) is 10.3. The number of urea groups is 1. The molecule has 2 N–H and O–H groups in total. The Labute approximate surface area is 112 Å². The number of nitro groups is 1. The Morgan fingerprint density at radius 3 is 2.70 bits per heavy atom. The molecule has 0 saturated heterocycles. The van der Waals surface area contributed by atoms with Gasteiger partial charge in [-0.3, -0.25) is 10.1 Å². The van der Waals surface area contributed by atoms with Crippen LogP contribution in [0.2, 0.25) is 0 Å². The summed E-state index contributed by atoms with van der Waals surface area (Å²) >= 11 is 0. The summed E-state index contributed by atoms with van der Waals surface area (Å²) in [5, 5.41) is 20.2. The monoisotopic (exact) mass is 278 g/mol. The van der Waals surface area contributed by atoms with Gasteiger partial charge in [0.15, 0.2) is 0 Å². The largest absolute Gasteiger partial charge is 0.494 e. The van der Waals surface area contributed by atoms with E-state index in [0.29, 0.717) is 5.69 Å². The van der Waals surface area contributed by atoms with Crippen molar-refractivity contribution in [3.05, 3.63) is 41.0 Å². The van der Waals surface area contributed by atoms with Crippen molar-refractivity contribution in [1.82, 2.24) is 14.9 Å². The van der Waals surface area contributed by atoms with Crippen LogP contribution in [0.1, 0.15) is 0 Å². The van der Waals surface area contributed by atoms with Gasteiger partial charge in [0.2, 0.25) is 0 Å². The van der Waals surface area contributed by atoms with Crippen LogP contribution in [0.15, 0.2) is 30.9 Å². The minimum atomic E-state index is -0.572. The molecule has 0 aliphatic rings. The van der Waals surface area contributed by atoms with Gasteiger partial charge in [0.05, 0.1) is 23.8 Å². The lowest BCUT2D eigenvalue weighted by Crippen LogP contribution is -2.26. The third-order valence-electron chi connectivity index (χ3n) is 2.29. The Bertz CT molecular complexity index is 627. The Kier molecular flexibility index (Phi) is 3.75. The molecule has 10 heteroatoms. The first-order chi connectivity index (χ1) is 9.60. The number of carbonyl (C=O) groups is 1. The SMILES string of the molecule is COc1cc([N+](=O)[O-])ccc1NC(=O)Nn1cnnc1. The highest BCUT2D eigenvalue weighted by molar-refractivity contribution is 5.96. The average molecular weight is 278 g/mol. The Balaban J connectivity index is 2.12. The maximum absolute atomic E-state index is 11.7. The van der Waals surface area contributed by atoms with Crippen molar-refractivity contribution < 1.29 is 14.5 Å². The number of aromatic nitrogens is 3. The summed E-state index contributed by atoms with van der Waals surface area (Å²) in [5.74, 6) is 0.179. The summed E-state index contributed by atoms with van der Waals surface area (Å²) in [6.45, 7) is 0. The molecule has 0 saturated carbocycles. The number of non-ortho nitro benzene ring substituents is 1. The Morgan fingerprint density at radius 2 is 2.10 bits per heavy atom. The normalized spacial score (nSPS) is 9.85. The second kappa shape index (κ2) is 5.65. The van der Waals surface area contributed by atoms with Gasteiger partial charge < -0.3 is 10.1 Å². The van der Waals surface area contributed by atoms with E-state index in [9.17, 15) is 14.9 Å². The summed E-state index contributed by atoms with van der Waals surface area (Å²) in [4.78, 5) is 21.8. The summed E-state index contributed by atoms with van der Waals surface area (Å²) in [7, 11) is 1.35. The second-order valence-corrected chi connectivity index (χ2v) is 3.58. The van der Waals surface area contributed by atoms with Crippen molar-refractivity contribution in [2.75, 3.05) is 17.9 Å². The first-order valence-electron chi connectivity index (χ1n) is 5.35. The Hall–Kier alpha value is -3.17. The van der Waals surface area contributed by atoms with Crippen LogP contribution in [0.5, 0.6) is 5.75 Å². The molecule has 2 amide bonds. The van der Waals surface area contributed by atoms with Gasteiger partial charge in [0, 0.05) is 6.07 Å². The predicted molar refractivity (Wildman–Crippen MR) is 68.0 cm³/mol. The number of benzene rings is 1. The topological polar surface area (TPSA) is 124 Å². The number of nitrogens with zero attached hydrogens (tertiary/aromatic N) is 4. The molecule has 20 heavy (non-hydrogen) atoms. The number of nitrogens with one attached hydrogen (secondary N) is 2. The van der Waals surface area contributed by atoms with Crippen LogP contribution >= 0.6 is 0 Å². The van der Waals surface area contributed by atoms with E-state index in [1.165, 1.54) is 42.6 Å². The maximum atomic E-state index is 11.7. The van der Waals surface area contributed by atoms with Crippen molar-refractivity contribution in [2.45, 2.75) is 0 Å². The van der Waals surface area contributed by atoms with Crippen molar-refractivity contribution in [3.8, 4) is 5.75 Å². The van der Waals surface area contributed by atoms with Crippen molar-refractivity contribution in [2.24, 2.45) is 0 Å². The van der Waals surface area contributed by atoms with Crippen LogP contribution in [0.4, 0.5) is 16.2 Å². The zero-order chi connectivity index (χ0) is 14.5. The molecule has 0 fully saturated rings. The first-order valence-corrected chi connectivity index (χ1v) is 5.35. The smallest absolute Gasteiger partial charge is 0.338 e. The van der Waals surface area contributed by atoms with E-state index in [2.05, 4.69) is 20.9 Å². The number of anilines is 1. The molecule has 0 spiro atoms. The molecule has 10 nitrogen and oxygen atoms in total. The third-order valence-corrected chi connectivity index (χ3v) is 2.29. The molecular formula is C10H10N6O4. The van der Waals surface area contributed by atoms with Gasteiger partial charge >= 0.3 is 6.03 Å². The number of carbonyl (C=O) groups excluding carboxylic acids is 1. The number of amides is 2. The molecule has 1 aromatic heterocycles. The lowest BCUT2D eigenvalue weighted by molar-refractivity contribution is -0.384. The molecule has 1 heterocycles. The summed E-state index contributed by atoms with van der Waals surface area (Å²) < 4.78 is 6.24. The molecule has 2 rings (SSSR count). The minimum Gasteiger partial charge on any atom is -0.494 e. The molecule has 0 aliphatic heterocycles. The first kappa shape index (κ1) is 13.3. The standard InChI is InChI=1S/C10H10N6O4/c1-20-9-4-7(16(18)19)2-3-8(9)13-10(17)14-15-5-11-12-6-15/h2-6H,1H3,(H2,13,14,17). The number of hydrogen-bond acceptors (Lipinski definition) is 6. The fourth-order valence-electron chi connectivity index (χ4n) is 1.42. The van der Waals surface area contributed by atoms with E-state index in [4.69, 9.17) is 4.74 Å². The number of ether oxygens (including phenoxy) is 1. The summed E-state index contributed by atoms with van der Waals surface area (Å²) in [6, 6.07) is 3.28. The molecule has 0 bridgehead atoms.